The van der Waals surface area contributed by atoms with Gasteiger partial charge in [0.15, 0.2) is 0 Å². The van der Waals surface area contributed by atoms with Crippen molar-refractivity contribution in [2.45, 2.75) is 32.7 Å². The highest BCUT2D eigenvalue weighted by Crippen LogP contribution is 2.09. The number of nitrogens with one attached hydrogen (secondary N) is 1. The Morgan fingerprint density at radius 1 is 1.10 bits per heavy atom. The first-order valence-corrected chi connectivity index (χ1v) is 7.54. The monoisotopic (exact) mass is 277 g/mol. The third kappa shape index (κ3) is 5.06. The van der Waals surface area contributed by atoms with Gasteiger partial charge >= 0.3 is 0 Å². The Morgan fingerprint density at radius 3 is 2.35 bits per heavy atom. The quantitative estimate of drug-likeness (QED) is 0.824. The lowest BCUT2D eigenvalue weighted by atomic mass is 10.1. The Kier molecular flexibility index (Phi) is 5.31. The largest absolute Gasteiger partial charge is 0.338 e. The molecular formula is C15H27N5. The van der Waals surface area contributed by atoms with Crippen molar-refractivity contribution in [2.75, 3.05) is 44.2 Å². The summed E-state index contributed by atoms with van der Waals surface area (Å²) < 4.78 is 0. The highest BCUT2D eigenvalue weighted by molar-refractivity contribution is 5.29. The zero-order valence-electron chi connectivity index (χ0n) is 13.0. The maximum Gasteiger partial charge on any atom is 0.225 e. The van der Waals surface area contributed by atoms with Crippen molar-refractivity contribution in [3.05, 3.63) is 18.5 Å². The molecule has 5 heteroatoms. The average Bonchev–Trinajstić information content (AvgIpc) is 2.44. The molecule has 0 radical (unpaired) electrons. The van der Waals surface area contributed by atoms with Crippen molar-refractivity contribution in [3.63, 3.8) is 0 Å². The predicted octanol–water partition coefficient (Wildman–Crippen LogP) is 1.38. The molecule has 1 N–H and O–H groups in total. The minimum atomic E-state index is 0.226. The fourth-order valence-corrected chi connectivity index (χ4v) is 2.39. The number of aromatic nitrogens is 2. The van der Waals surface area contributed by atoms with Gasteiger partial charge in [-0.15, -0.1) is 0 Å². The van der Waals surface area contributed by atoms with Gasteiger partial charge in [0.25, 0.3) is 0 Å². The second-order valence-corrected chi connectivity index (χ2v) is 6.41. The molecule has 1 aliphatic rings. The molecule has 0 amide bonds. The number of hydrogen-bond acceptors (Lipinski definition) is 5. The van der Waals surface area contributed by atoms with Crippen LogP contribution in [-0.2, 0) is 0 Å². The highest BCUT2D eigenvalue weighted by atomic mass is 15.3. The standard InChI is InChI=1S/C15H27N5/c1-15(2,3)18-8-5-9-19-10-12-20(13-11-19)14-16-6-4-7-17-14/h4,6-7,18H,5,8-13H2,1-3H3. The summed E-state index contributed by atoms with van der Waals surface area (Å²) in [6.07, 6.45) is 4.83. The van der Waals surface area contributed by atoms with E-state index < -0.39 is 0 Å². The highest BCUT2D eigenvalue weighted by Gasteiger charge is 2.18. The van der Waals surface area contributed by atoms with Crippen LogP contribution in [0.5, 0.6) is 0 Å². The summed E-state index contributed by atoms with van der Waals surface area (Å²) in [5.74, 6) is 0.863. The molecule has 112 valence electrons. The molecule has 0 aliphatic carbocycles. The van der Waals surface area contributed by atoms with Crippen LogP contribution in [0.1, 0.15) is 27.2 Å². The average molecular weight is 277 g/mol. The molecule has 1 aromatic heterocycles. The number of nitrogens with zero attached hydrogens (tertiary/aromatic N) is 4. The van der Waals surface area contributed by atoms with Crippen molar-refractivity contribution >= 4 is 5.95 Å². The lowest BCUT2D eigenvalue weighted by Gasteiger charge is -2.34. The van der Waals surface area contributed by atoms with E-state index >= 15 is 0 Å². The lowest BCUT2D eigenvalue weighted by Crippen LogP contribution is -2.47. The van der Waals surface area contributed by atoms with Crippen LogP contribution in [0.4, 0.5) is 5.95 Å². The zero-order valence-corrected chi connectivity index (χ0v) is 13.0. The Morgan fingerprint density at radius 2 is 1.75 bits per heavy atom. The van der Waals surface area contributed by atoms with E-state index in [1.807, 2.05) is 18.5 Å². The third-order valence-corrected chi connectivity index (χ3v) is 3.51. The van der Waals surface area contributed by atoms with Gasteiger partial charge in [0.1, 0.15) is 0 Å². The topological polar surface area (TPSA) is 44.3 Å². The van der Waals surface area contributed by atoms with Crippen molar-refractivity contribution in [2.24, 2.45) is 0 Å². The van der Waals surface area contributed by atoms with Crippen LogP contribution in [0.25, 0.3) is 0 Å². The van der Waals surface area contributed by atoms with E-state index in [0.29, 0.717) is 0 Å². The molecule has 0 bridgehead atoms. The van der Waals surface area contributed by atoms with Crippen LogP contribution in [-0.4, -0.2) is 59.7 Å². The third-order valence-electron chi connectivity index (χ3n) is 3.51. The van der Waals surface area contributed by atoms with E-state index in [4.69, 9.17) is 0 Å². The maximum atomic E-state index is 4.32. The van der Waals surface area contributed by atoms with Crippen LogP contribution in [0.3, 0.4) is 0 Å². The van der Waals surface area contributed by atoms with E-state index in [0.717, 1.165) is 38.7 Å². The maximum absolute atomic E-state index is 4.32. The predicted molar refractivity (Wildman–Crippen MR) is 83.1 cm³/mol. The lowest BCUT2D eigenvalue weighted by molar-refractivity contribution is 0.249. The summed E-state index contributed by atoms with van der Waals surface area (Å²) >= 11 is 0. The smallest absolute Gasteiger partial charge is 0.225 e. The Labute approximate surface area is 122 Å². The van der Waals surface area contributed by atoms with Gasteiger partial charge in [0.05, 0.1) is 0 Å². The van der Waals surface area contributed by atoms with Crippen LogP contribution in [0, 0.1) is 0 Å². The molecule has 0 aromatic carbocycles. The van der Waals surface area contributed by atoms with E-state index in [9.17, 15) is 0 Å². The molecule has 5 nitrogen and oxygen atoms in total. The Hall–Kier alpha value is -1.20. The molecular weight excluding hydrogens is 250 g/mol. The molecule has 1 fully saturated rings. The molecule has 1 saturated heterocycles. The van der Waals surface area contributed by atoms with Crippen LogP contribution in [0.15, 0.2) is 18.5 Å². The molecule has 0 unspecified atom stereocenters. The molecule has 2 rings (SSSR count). The zero-order chi connectivity index (χ0) is 14.4. The van der Waals surface area contributed by atoms with Gasteiger partial charge in [-0.05, 0) is 46.3 Å². The fourth-order valence-electron chi connectivity index (χ4n) is 2.39. The number of hydrogen-bond donors (Lipinski definition) is 1. The normalized spacial score (nSPS) is 17.4. The summed E-state index contributed by atoms with van der Waals surface area (Å²) in [7, 11) is 0. The van der Waals surface area contributed by atoms with Crippen molar-refractivity contribution in [1.29, 1.82) is 0 Å². The van der Waals surface area contributed by atoms with Gasteiger partial charge in [-0.25, -0.2) is 9.97 Å². The Bertz CT molecular complexity index is 379. The molecule has 0 spiro atoms. The summed E-state index contributed by atoms with van der Waals surface area (Å²) in [5, 5.41) is 3.54. The summed E-state index contributed by atoms with van der Waals surface area (Å²) in [4.78, 5) is 13.4. The summed E-state index contributed by atoms with van der Waals surface area (Å²) in [5.41, 5.74) is 0.226. The van der Waals surface area contributed by atoms with Gasteiger partial charge in [0.2, 0.25) is 5.95 Å². The summed E-state index contributed by atoms with van der Waals surface area (Å²) in [6.45, 7) is 13.2. The molecule has 0 atom stereocenters. The molecule has 1 aromatic rings. The second-order valence-electron chi connectivity index (χ2n) is 6.41. The van der Waals surface area contributed by atoms with Gasteiger partial charge in [0, 0.05) is 44.1 Å². The minimum Gasteiger partial charge on any atom is -0.338 e. The van der Waals surface area contributed by atoms with E-state index in [1.54, 1.807) is 0 Å². The van der Waals surface area contributed by atoms with Gasteiger partial charge in [-0.2, -0.15) is 0 Å². The summed E-state index contributed by atoms with van der Waals surface area (Å²) in [6, 6.07) is 1.86. The van der Waals surface area contributed by atoms with Crippen LogP contribution >= 0.6 is 0 Å². The second kappa shape index (κ2) is 6.99. The van der Waals surface area contributed by atoms with Crippen LogP contribution < -0.4 is 10.2 Å². The first-order chi connectivity index (χ1) is 9.54. The van der Waals surface area contributed by atoms with Crippen molar-refractivity contribution in [3.8, 4) is 0 Å². The first-order valence-electron chi connectivity index (χ1n) is 7.54. The minimum absolute atomic E-state index is 0.226. The van der Waals surface area contributed by atoms with Crippen molar-refractivity contribution in [1.82, 2.24) is 20.2 Å². The molecule has 2 heterocycles. The number of piperazine rings is 1. The molecule has 20 heavy (non-hydrogen) atoms. The first kappa shape index (κ1) is 15.2. The van der Waals surface area contributed by atoms with Crippen LogP contribution in [0.2, 0.25) is 0 Å². The van der Waals surface area contributed by atoms with E-state index in [2.05, 4.69) is 45.9 Å². The van der Waals surface area contributed by atoms with Gasteiger partial charge in [-0.3, -0.25) is 4.90 Å². The fraction of sp³-hybridized carbons (Fsp3) is 0.733. The molecule has 1 aliphatic heterocycles. The number of rotatable bonds is 5. The van der Waals surface area contributed by atoms with Gasteiger partial charge in [-0.1, -0.05) is 0 Å². The Balaban J connectivity index is 1.65. The van der Waals surface area contributed by atoms with Gasteiger partial charge < -0.3 is 10.2 Å². The van der Waals surface area contributed by atoms with Crippen molar-refractivity contribution < 1.29 is 0 Å². The van der Waals surface area contributed by atoms with E-state index in [-0.39, 0.29) is 5.54 Å². The van der Waals surface area contributed by atoms with E-state index in [1.165, 1.54) is 13.0 Å². The molecule has 0 saturated carbocycles. The SMILES string of the molecule is CC(C)(C)NCCCN1CCN(c2ncccn2)CC1. The number of anilines is 1.